The molecule has 1 rings (SSSR count). The molecule has 0 aliphatic heterocycles. The molecule has 0 saturated heterocycles. The molecular formula is C11H10Cl4O3P-. The van der Waals surface area contributed by atoms with Crippen LogP contribution in [-0.2, 0) is 9.09 Å². The topological polar surface area (TPSA) is 49.4 Å². The second-order valence-corrected chi connectivity index (χ2v) is 7.54. The van der Waals surface area contributed by atoms with E-state index in [2.05, 4.69) is 6.58 Å². The zero-order valence-corrected chi connectivity index (χ0v) is 13.7. The van der Waals surface area contributed by atoms with Crippen molar-refractivity contribution in [2.45, 2.75) is 10.9 Å². The monoisotopic (exact) mass is 361 g/mol. The molecule has 2 atom stereocenters. The minimum Gasteiger partial charge on any atom is -0.779 e. The van der Waals surface area contributed by atoms with Crippen LogP contribution >= 0.6 is 54.0 Å². The Balaban J connectivity index is 3.13. The number of rotatable bonds is 5. The lowest BCUT2D eigenvalue weighted by atomic mass is 10.0. The third kappa shape index (κ3) is 5.28. The van der Waals surface area contributed by atoms with Gasteiger partial charge in [-0.1, -0.05) is 29.8 Å². The summed E-state index contributed by atoms with van der Waals surface area (Å²) in [5.41, 5.74) is 0.666. The molecule has 0 saturated carbocycles. The van der Waals surface area contributed by atoms with Gasteiger partial charge in [0.15, 0.2) is 0 Å². The van der Waals surface area contributed by atoms with Gasteiger partial charge in [-0.2, -0.15) is 0 Å². The minimum atomic E-state index is -4.03. The molecule has 106 valence electrons. The van der Waals surface area contributed by atoms with Gasteiger partial charge in [0.25, 0.3) is 0 Å². The summed E-state index contributed by atoms with van der Waals surface area (Å²) in [5, 5.41) is 0.760. The Morgan fingerprint density at radius 1 is 1.42 bits per heavy atom. The molecule has 1 aromatic rings. The maximum absolute atomic E-state index is 11.2. The van der Waals surface area contributed by atoms with E-state index in [0.29, 0.717) is 15.6 Å². The first-order chi connectivity index (χ1) is 8.61. The third-order valence-corrected chi connectivity index (χ3v) is 3.78. The maximum Gasteiger partial charge on any atom is 0.138 e. The summed E-state index contributed by atoms with van der Waals surface area (Å²) in [6.45, 7) is 4.66. The fraction of sp³-hybridized carbons (Fsp3) is 0.273. The van der Waals surface area contributed by atoms with Crippen molar-refractivity contribution in [3.63, 3.8) is 0 Å². The van der Waals surface area contributed by atoms with Crippen molar-refractivity contribution < 1.29 is 14.0 Å². The van der Waals surface area contributed by atoms with E-state index in [0.717, 1.165) is 6.66 Å². The number of alkyl halides is 2. The first-order valence-electron chi connectivity index (χ1n) is 5.01. The second-order valence-electron chi connectivity index (χ2n) is 3.78. The average Bonchev–Trinajstić information content (AvgIpc) is 2.27. The Kier molecular flexibility index (Phi) is 6.22. The Bertz CT molecular complexity index is 527. The molecule has 0 bridgehead atoms. The van der Waals surface area contributed by atoms with Gasteiger partial charge in [0.2, 0.25) is 0 Å². The molecule has 0 heterocycles. The first kappa shape index (κ1) is 17.3. The third-order valence-electron chi connectivity index (χ3n) is 2.15. The van der Waals surface area contributed by atoms with Crippen LogP contribution in [0, 0.1) is 0 Å². The lowest BCUT2D eigenvalue weighted by Gasteiger charge is -2.28. The van der Waals surface area contributed by atoms with Crippen molar-refractivity contribution in [2.24, 2.45) is 0 Å². The zero-order valence-electron chi connectivity index (χ0n) is 9.78. The molecular weight excluding hydrogens is 353 g/mol. The van der Waals surface area contributed by atoms with Gasteiger partial charge in [-0.3, -0.25) is 0 Å². The Morgan fingerprint density at radius 2 is 2.00 bits per heavy atom. The molecule has 0 N–H and O–H groups in total. The predicted octanol–water partition coefficient (Wildman–Crippen LogP) is 4.38. The van der Waals surface area contributed by atoms with Crippen LogP contribution in [-0.4, -0.2) is 17.6 Å². The molecule has 0 fully saturated rings. The lowest BCUT2D eigenvalue weighted by molar-refractivity contribution is -0.198. The van der Waals surface area contributed by atoms with Crippen LogP contribution in [0.1, 0.15) is 5.56 Å². The highest BCUT2D eigenvalue weighted by Gasteiger charge is 2.26. The highest BCUT2D eigenvalue weighted by atomic mass is 35.5. The smallest absolute Gasteiger partial charge is 0.138 e. The molecule has 0 radical (unpaired) electrons. The highest BCUT2D eigenvalue weighted by molar-refractivity contribution is 7.50. The van der Waals surface area contributed by atoms with E-state index in [4.69, 9.17) is 50.9 Å². The van der Waals surface area contributed by atoms with Crippen molar-refractivity contribution in [1.29, 1.82) is 0 Å². The number of hydrogen-bond acceptors (Lipinski definition) is 3. The van der Waals surface area contributed by atoms with Crippen LogP contribution in [0.3, 0.4) is 0 Å². The van der Waals surface area contributed by atoms with E-state index >= 15 is 0 Å². The van der Waals surface area contributed by atoms with E-state index < -0.39 is 18.5 Å². The van der Waals surface area contributed by atoms with E-state index in [1.807, 2.05) is 0 Å². The summed E-state index contributed by atoms with van der Waals surface area (Å²) >= 11 is 23.3. The summed E-state index contributed by atoms with van der Waals surface area (Å²) < 4.78 is 16.1. The molecule has 19 heavy (non-hydrogen) atoms. The second kappa shape index (κ2) is 6.82. The number of halogens is 4. The van der Waals surface area contributed by atoms with Gasteiger partial charge < -0.3 is 14.0 Å². The van der Waals surface area contributed by atoms with E-state index in [1.165, 1.54) is 6.07 Å². The fourth-order valence-electron chi connectivity index (χ4n) is 1.36. The van der Waals surface area contributed by atoms with Crippen molar-refractivity contribution in [1.82, 2.24) is 0 Å². The molecule has 0 aliphatic rings. The van der Waals surface area contributed by atoms with Gasteiger partial charge >= 0.3 is 0 Å². The van der Waals surface area contributed by atoms with Gasteiger partial charge in [-0.15, -0.1) is 23.2 Å². The summed E-state index contributed by atoms with van der Waals surface area (Å²) in [7, 11) is -4.03. The summed E-state index contributed by atoms with van der Waals surface area (Å²) in [6, 6.07) is 4.68. The largest absolute Gasteiger partial charge is 0.779 e. The summed E-state index contributed by atoms with van der Waals surface area (Å²) in [5.74, 6) is 0. The van der Waals surface area contributed by atoms with Crippen molar-refractivity contribution in [3.8, 4) is 0 Å². The van der Waals surface area contributed by atoms with Crippen LogP contribution < -0.4 is 4.89 Å². The van der Waals surface area contributed by atoms with Crippen LogP contribution in [0.5, 0.6) is 0 Å². The molecule has 0 amide bonds. The fourth-order valence-corrected chi connectivity index (χ4v) is 2.99. The standard InChI is InChI=1S/C11H11Cl4O3P/c1-6(8-5-7(12)3-4-9(8)13)10(11(14)15)18-19(2,16)17/h3-5,10-11H,1H2,2H3,(H,16,17)/p-1. The van der Waals surface area contributed by atoms with Crippen LogP contribution in [0.2, 0.25) is 10.0 Å². The molecule has 8 heteroatoms. The van der Waals surface area contributed by atoms with Crippen molar-refractivity contribution in [3.05, 3.63) is 40.4 Å². The number of benzene rings is 1. The van der Waals surface area contributed by atoms with Crippen LogP contribution in [0.4, 0.5) is 0 Å². The SMILES string of the molecule is C=C(c1cc(Cl)ccc1Cl)C(OP(C)(=O)[O-])C(Cl)Cl. The van der Waals surface area contributed by atoms with Crippen LogP contribution in [0.25, 0.3) is 5.57 Å². The van der Waals surface area contributed by atoms with Gasteiger partial charge in [-0.05, 0) is 29.3 Å². The molecule has 0 aromatic heterocycles. The Labute approximate surface area is 131 Å². The number of hydrogen-bond donors (Lipinski definition) is 0. The molecule has 0 spiro atoms. The van der Waals surface area contributed by atoms with E-state index in [1.54, 1.807) is 12.1 Å². The van der Waals surface area contributed by atoms with E-state index in [9.17, 15) is 9.46 Å². The normalized spacial score (nSPS) is 16.2. The van der Waals surface area contributed by atoms with Crippen LogP contribution in [0.15, 0.2) is 24.8 Å². The van der Waals surface area contributed by atoms with Gasteiger partial charge in [-0.25, -0.2) is 0 Å². The lowest BCUT2D eigenvalue weighted by Crippen LogP contribution is -2.23. The molecule has 3 nitrogen and oxygen atoms in total. The molecule has 2 unspecified atom stereocenters. The summed E-state index contributed by atoms with van der Waals surface area (Å²) in [6.07, 6.45) is -1.13. The quantitative estimate of drug-likeness (QED) is 0.577. The minimum absolute atomic E-state index is 0.237. The maximum atomic E-state index is 11.2. The summed E-state index contributed by atoms with van der Waals surface area (Å²) in [4.78, 5) is 10.1. The van der Waals surface area contributed by atoms with E-state index in [-0.39, 0.29) is 5.57 Å². The van der Waals surface area contributed by atoms with Gasteiger partial charge in [0.1, 0.15) is 18.5 Å². The first-order valence-corrected chi connectivity index (χ1v) is 8.63. The average molecular weight is 363 g/mol. The predicted molar refractivity (Wildman–Crippen MR) is 79.4 cm³/mol. The van der Waals surface area contributed by atoms with Crippen molar-refractivity contribution >= 4 is 59.6 Å². The molecule has 0 aliphatic carbocycles. The van der Waals surface area contributed by atoms with Gasteiger partial charge in [0.05, 0.1) is 0 Å². The van der Waals surface area contributed by atoms with Gasteiger partial charge in [0, 0.05) is 16.7 Å². The van der Waals surface area contributed by atoms with Crippen molar-refractivity contribution in [2.75, 3.05) is 6.66 Å². The Morgan fingerprint density at radius 3 is 2.47 bits per heavy atom. The Hall–Kier alpha value is 0.270. The highest BCUT2D eigenvalue weighted by Crippen LogP contribution is 2.41. The zero-order chi connectivity index (χ0) is 14.8. The molecule has 1 aromatic carbocycles.